The molecule has 152 valence electrons. The quantitative estimate of drug-likeness (QED) is 0.698. The van der Waals surface area contributed by atoms with Gasteiger partial charge in [-0.05, 0) is 35.4 Å². The van der Waals surface area contributed by atoms with E-state index in [2.05, 4.69) is 10.1 Å². The summed E-state index contributed by atoms with van der Waals surface area (Å²) in [5.41, 5.74) is 1.95. The zero-order valence-electron chi connectivity index (χ0n) is 15.7. The smallest absolute Gasteiger partial charge is 0.161 e. The summed E-state index contributed by atoms with van der Waals surface area (Å²) in [4.78, 5) is 4.31. The van der Waals surface area contributed by atoms with Crippen LogP contribution in [0, 0.1) is 11.6 Å². The van der Waals surface area contributed by atoms with E-state index in [9.17, 15) is 19.0 Å². The Morgan fingerprint density at radius 3 is 2.17 bits per heavy atom. The second-order valence-electron chi connectivity index (χ2n) is 7.34. The van der Waals surface area contributed by atoms with E-state index in [1.807, 2.05) is 4.57 Å². The number of aliphatic hydroxyl groups is 2. The van der Waals surface area contributed by atoms with Gasteiger partial charge in [0.15, 0.2) is 11.6 Å². The van der Waals surface area contributed by atoms with Crippen LogP contribution in [0.1, 0.15) is 22.9 Å². The van der Waals surface area contributed by atoms with E-state index in [0.717, 1.165) is 11.1 Å². The average Bonchev–Trinajstić information content (AvgIpc) is 3.22. The fourth-order valence-electron chi connectivity index (χ4n) is 4.17. The summed E-state index contributed by atoms with van der Waals surface area (Å²) >= 11 is 0. The Balaban J connectivity index is 1.68. The molecule has 6 nitrogen and oxygen atoms in total. The molecule has 5 rings (SSSR count). The first-order valence-electron chi connectivity index (χ1n) is 9.50. The predicted molar refractivity (Wildman–Crippen MR) is 107 cm³/mol. The molecule has 2 aliphatic heterocycles. The molecule has 30 heavy (non-hydrogen) atoms. The van der Waals surface area contributed by atoms with Gasteiger partial charge in [-0.3, -0.25) is 5.01 Å². The van der Waals surface area contributed by atoms with Gasteiger partial charge in [-0.25, -0.2) is 13.8 Å². The van der Waals surface area contributed by atoms with Gasteiger partial charge in [0.1, 0.15) is 23.4 Å². The molecule has 0 saturated heterocycles. The van der Waals surface area contributed by atoms with Crippen LogP contribution in [-0.2, 0) is 6.54 Å². The lowest BCUT2D eigenvalue weighted by Gasteiger charge is -2.42. The van der Waals surface area contributed by atoms with Gasteiger partial charge in [0.2, 0.25) is 0 Å². The number of fused-ring (bicyclic) bond motifs is 3. The van der Waals surface area contributed by atoms with Gasteiger partial charge < -0.3 is 14.8 Å². The predicted octanol–water partition coefficient (Wildman–Crippen LogP) is 3.26. The van der Waals surface area contributed by atoms with E-state index in [1.54, 1.807) is 41.7 Å². The Labute approximate surface area is 171 Å². The van der Waals surface area contributed by atoms with E-state index >= 15 is 0 Å². The van der Waals surface area contributed by atoms with Crippen molar-refractivity contribution < 1.29 is 19.0 Å². The number of hydrogen-bond donors (Lipinski definition) is 2. The monoisotopic (exact) mass is 408 g/mol. The van der Waals surface area contributed by atoms with Gasteiger partial charge in [-0.1, -0.05) is 24.3 Å². The molecule has 1 aromatic heterocycles. The van der Waals surface area contributed by atoms with Crippen molar-refractivity contribution in [3.8, 4) is 0 Å². The van der Waals surface area contributed by atoms with Gasteiger partial charge in [-0.15, -0.1) is 0 Å². The van der Waals surface area contributed by atoms with Crippen molar-refractivity contribution in [2.24, 2.45) is 5.10 Å². The van der Waals surface area contributed by atoms with Gasteiger partial charge in [0, 0.05) is 24.9 Å². The summed E-state index contributed by atoms with van der Waals surface area (Å²) in [5, 5.41) is 26.7. The molecule has 0 amide bonds. The van der Waals surface area contributed by atoms with Crippen molar-refractivity contribution in [2.75, 3.05) is 0 Å². The number of nitrogens with zero attached hydrogens (tertiary/aromatic N) is 4. The summed E-state index contributed by atoms with van der Waals surface area (Å²) in [5.74, 6) is -0.767. The molecular weight excluding hydrogens is 390 g/mol. The van der Waals surface area contributed by atoms with Crippen LogP contribution in [0.5, 0.6) is 0 Å². The number of rotatable bonds is 3. The molecule has 0 spiro atoms. The lowest BCUT2D eigenvalue weighted by Crippen LogP contribution is -2.46. The van der Waals surface area contributed by atoms with Crippen molar-refractivity contribution in [1.82, 2.24) is 14.6 Å². The molecule has 0 radical (unpaired) electrons. The molecule has 2 aliphatic rings. The molecule has 8 heteroatoms. The molecule has 0 aliphatic carbocycles. The normalized spacial score (nSPS) is 20.5. The number of aliphatic hydroxyl groups excluding tert-OH is 2. The third-order valence-corrected chi connectivity index (χ3v) is 5.55. The number of aromatic nitrogens is 2. The minimum absolute atomic E-state index is 0.237. The summed E-state index contributed by atoms with van der Waals surface area (Å²) in [6.45, 7) is 0.471. The van der Waals surface area contributed by atoms with E-state index in [-0.39, 0.29) is 29.4 Å². The summed E-state index contributed by atoms with van der Waals surface area (Å²) in [7, 11) is 0. The van der Waals surface area contributed by atoms with Gasteiger partial charge >= 0.3 is 0 Å². The van der Waals surface area contributed by atoms with Crippen LogP contribution in [0.25, 0.3) is 5.70 Å². The van der Waals surface area contributed by atoms with Crippen molar-refractivity contribution >= 4 is 11.9 Å². The second kappa shape index (κ2) is 7.07. The van der Waals surface area contributed by atoms with E-state index in [1.165, 1.54) is 30.5 Å². The van der Waals surface area contributed by atoms with Crippen LogP contribution in [0.3, 0.4) is 0 Å². The van der Waals surface area contributed by atoms with Crippen LogP contribution in [0.2, 0.25) is 0 Å². The maximum absolute atomic E-state index is 13.6. The summed E-state index contributed by atoms with van der Waals surface area (Å²) in [6, 6.07) is 12.0. The molecule has 2 N–H and O–H groups in total. The lowest BCUT2D eigenvalue weighted by atomic mass is 9.83. The van der Waals surface area contributed by atoms with Crippen LogP contribution < -0.4 is 0 Å². The standard InChI is InChI=1S/C22H18F2N4O2/c23-15-5-1-13(2-6-15)19(14-3-7-16(24)8-4-14)17-12-27-10-9-25-22(27)20-21(30)18(29)11-26-28(17)20/h1-11,17-19,29-30H,12H2/t17-,18?/m1/s1. The first kappa shape index (κ1) is 18.5. The highest BCUT2D eigenvalue weighted by atomic mass is 19.1. The number of halogens is 2. The number of benzene rings is 2. The molecule has 1 unspecified atom stereocenters. The minimum Gasteiger partial charge on any atom is -0.507 e. The Bertz CT molecular complexity index is 1090. The number of imidazole rings is 1. The van der Waals surface area contributed by atoms with E-state index in [4.69, 9.17) is 0 Å². The molecule has 2 aromatic carbocycles. The third-order valence-electron chi connectivity index (χ3n) is 5.55. The van der Waals surface area contributed by atoms with Crippen LogP contribution in [0.4, 0.5) is 8.78 Å². The average molecular weight is 408 g/mol. The summed E-state index contributed by atoms with van der Waals surface area (Å²) in [6.07, 6.45) is 3.44. The molecular formula is C22H18F2N4O2. The van der Waals surface area contributed by atoms with Crippen molar-refractivity contribution in [2.45, 2.75) is 24.6 Å². The number of hydrogen-bond acceptors (Lipinski definition) is 5. The maximum atomic E-state index is 13.6. The van der Waals surface area contributed by atoms with E-state index in [0.29, 0.717) is 18.1 Å². The zero-order valence-corrected chi connectivity index (χ0v) is 15.7. The highest BCUT2D eigenvalue weighted by molar-refractivity contribution is 5.77. The first-order valence-corrected chi connectivity index (χ1v) is 9.50. The Kier molecular flexibility index (Phi) is 4.36. The van der Waals surface area contributed by atoms with Crippen molar-refractivity contribution in [3.05, 3.63) is 95.3 Å². The second-order valence-corrected chi connectivity index (χ2v) is 7.34. The summed E-state index contributed by atoms with van der Waals surface area (Å²) < 4.78 is 29.1. The Morgan fingerprint density at radius 2 is 1.57 bits per heavy atom. The Morgan fingerprint density at radius 1 is 0.967 bits per heavy atom. The fourth-order valence-corrected chi connectivity index (χ4v) is 4.17. The Hall–Kier alpha value is -3.52. The topological polar surface area (TPSA) is 73.9 Å². The highest BCUT2D eigenvalue weighted by Gasteiger charge is 2.41. The molecule has 3 heterocycles. The molecule has 3 aromatic rings. The minimum atomic E-state index is -1.23. The van der Waals surface area contributed by atoms with Gasteiger partial charge in [0.05, 0.1) is 12.3 Å². The largest absolute Gasteiger partial charge is 0.507 e. The van der Waals surface area contributed by atoms with Crippen molar-refractivity contribution in [3.63, 3.8) is 0 Å². The zero-order chi connectivity index (χ0) is 20.8. The van der Waals surface area contributed by atoms with Crippen LogP contribution in [-0.4, -0.2) is 43.1 Å². The fraction of sp³-hybridized carbons (Fsp3) is 0.182. The molecule has 2 atom stereocenters. The van der Waals surface area contributed by atoms with Gasteiger partial charge in [-0.2, -0.15) is 5.10 Å². The van der Waals surface area contributed by atoms with E-state index < -0.39 is 6.10 Å². The SMILES string of the molecule is OC1=C2c3nccn3C[C@H](C(c3ccc(F)cc3)c3ccc(F)cc3)N2N=CC1O. The third kappa shape index (κ3) is 2.96. The lowest BCUT2D eigenvalue weighted by molar-refractivity contribution is 0.169. The molecule has 0 saturated carbocycles. The number of hydrazone groups is 1. The maximum Gasteiger partial charge on any atom is 0.161 e. The molecule has 0 fully saturated rings. The van der Waals surface area contributed by atoms with Crippen LogP contribution >= 0.6 is 0 Å². The van der Waals surface area contributed by atoms with Gasteiger partial charge in [0.25, 0.3) is 0 Å². The highest BCUT2D eigenvalue weighted by Crippen LogP contribution is 2.40. The first-order chi connectivity index (χ1) is 14.5. The molecule has 0 bridgehead atoms. The van der Waals surface area contributed by atoms with Crippen LogP contribution in [0.15, 0.2) is 71.8 Å². The van der Waals surface area contributed by atoms with Crippen molar-refractivity contribution in [1.29, 1.82) is 0 Å².